The number of amides is 1. The Kier molecular flexibility index (Phi) is 6.17. The van der Waals surface area contributed by atoms with Crippen LogP contribution in [0.15, 0.2) is 47.1 Å². The standard InChI is InChI=1S/C17H21N3O2S/c1-20(2)16(21)13-7-9-14(10-8-13)19-17(23)18-11-3-5-15-6-4-12-22-15/h4,6-10,12H,3,5,11H2,1-2H3,(H2,18,19,23). The molecule has 6 heteroatoms. The first-order valence-corrected chi connectivity index (χ1v) is 7.86. The molecule has 1 amide bonds. The highest BCUT2D eigenvalue weighted by molar-refractivity contribution is 7.80. The van der Waals surface area contributed by atoms with Crippen LogP contribution in [0.5, 0.6) is 0 Å². The normalized spacial score (nSPS) is 10.2. The van der Waals surface area contributed by atoms with Gasteiger partial charge in [0.1, 0.15) is 5.76 Å². The van der Waals surface area contributed by atoms with E-state index >= 15 is 0 Å². The zero-order chi connectivity index (χ0) is 16.7. The summed E-state index contributed by atoms with van der Waals surface area (Å²) in [7, 11) is 3.46. The molecule has 0 aliphatic carbocycles. The highest BCUT2D eigenvalue weighted by Gasteiger charge is 2.07. The first kappa shape index (κ1) is 17.0. The summed E-state index contributed by atoms with van der Waals surface area (Å²) >= 11 is 5.25. The minimum absolute atomic E-state index is 0.0184. The Morgan fingerprint density at radius 2 is 1.96 bits per heavy atom. The van der Waals surface area contributed by atoms with Crippen LogP contribution in [0.2, 0.25) is 0 Å². The Bertz CT molecular complexity index is 636. The van der Waals surface area contributed by atoms with Gasteiger partial charge >= 0.3 is 0 Å². The molecule has 0 bridgehead atoms. The van der Waals surface area contributed by atoms with Gasteiger partial charge in [-0.2, -0.15) is 0 Å². The van der Waals surface area contributed by atoms with Crippen molar-refractivity contribution in [2.75, 3.05) is 26.0 Å². The minimum Gasteiger partial charge on any atom is -0.469 e. The van der Waals surface area contributed by atoms with Gasteiger partial charge in [0.15, 0.2) is 5.11 Å². The van der Waals surface area contributed by atoms with Crippen molar-refractivity contribution in [3.05, 3.63) is 54.0 Å². The summed E-state index contributed by atoms with van der Waals surface area (Å²) in [5, 5.41) is 6.82. The first-order chi connectivity index (χ1) is 11.1. The molecule has 2 N–H and O–H groups in total. The molecule has 0 aliphatic rings. The van der Waals surface area contributed by atoms with E-state index in [0.717, 1.165) is 30.8 Å². The molecular weight excluding hydrogens is 310 g/mol. The van der Waals surface area contributed by atoms with Crippen molar-refractivity contribution in [2.24, 2.45) is 0 Å². The van der Waals surface area contributed by atoms with Crippen molar-refractivity contribution in [3.8, 4) is 0 Å². The van der Waals surface area contributed by atoms with Crippen LogP contribution in [-0.2, 0) is 6.42 Å². The lowest BCUT2D eigenvalue weighted by atomic mass is 10.2. The molecule has 122 valence electrons. The molecule has 0 radical (unpaired) electrons. The number of thiocarbonyl (C=S) groups is 1. The van der Waals surface area contributed by atoms with E-state index in [1.807, 2.05) is 24.3 Å². The lowest BCUT2D eigenvalue weighted by Crippen LogP contribution is -2.29. The van der Waals surface area contributed by atoms with Crippen molar-refractivity contribution in [1.29, 1.82) is 0 Å². The smallest absolute Gasteiger partial charge is 0.253 e. The molecule has 1 aromatic heterocycles. The maximum atomic E-state index is 11.8. The number of rotatable bonds is 6. The van der Waals surface area contributed by atoms with E-state index in [4.69, 9.17) is 16.6 Å². The molecule has 0 unspecified atom stereocenters. The van der Waals surface area contributed by atoms with E-state index in [0.29, 0.717) is 10.7 Å². The number of aryl methyl sites for hydroxylation is 1. The van der Waals surface area contributed by atoms with Crippen LogP contribution in [0.4, 0.5) is 5.69 Å². The van der Waals surface area contributed by atoms with E-state index in [-0.39, 0.29) is 5.91 Å². The average Bonchev–Trinajstić information content (AvgIpc) is 3.05. The molecule has 2 aromatic rings. The van der Waals surface area contributed by atoms with Crippen LogP contribution in [0.25, 0.3) is 0 Å². The third kappa shape index (κ3) is 5.41. The lowest BCUT2D eigenvalue weighted by molar-refractivity contribution is 0.0827. The van der Waals surface area contributed by atoms with Gasteiger partial charge in [-0.1, -0.05) is 0 Å². The third-order valence-corrected chi connectivity index (χ3v) is 3.51. The molecule has 23 heavy (non-hydrogen) atoms. The maximum Gasteiger partial charge on any atom is 0.253 e. The fourth-order valence-corrected chi connectivity index (χ4v) is 2.27. The fraction of sp³-hybridized carbons (Fsp3) is 0.294. The summed E-state index contributed by atoms with van der Waals surface area (Å²) in [6, 6.07) is 11.1. The van der Waals surface area contributed by atoms with E-state index in [1.165, 1.54) is 0 Å². The molecule has 2 rings (SSSR count). The van der Waals surface area contributed by atoms with Crippen molar-refractivity contribution in [1.82, 2.24) is 10.2 Å². The van der Waals surface area contributed by atoms with Crippen molar-refractivity contribution in [3.63, 3.8) is 0 Å². The van der Waals surface area contributed by atoms with Crippen molar-refractivity contribution >= 4 is 28.9 Å². The summed E-state index contributed by atoms with van der Waals surface area (Å²) in [6.07, 6.45) is 3.50. The topological polar surface area (TPSA) is 57.5 Å². The van der Waals surface area contributed by atoms with Gasteiger partial charge in [0, 0.05) is 38.3 Å². The molecule has 0 aliphatic heterocycles. The molecule has 0 atom stereocenters. The van der Waals surface area contributed by atoms with E-state index in [1.54, 1.807) is 37.4 Å². The second-order valence-electron chi connectivity index (χ2n) is 5.34. The largest absolute Gasteiger partial charge is 0.469 e. The van der Waals surface area contributed by atoms with Gasteiger partial charge < -0.3 is 20.0 Å². The number of hydrogen-bond acceptors (Lipinski definition) is 3. The number of carbonyl (C=O) groups excluding carboxylic acids is 1. The molecule has 1 heterocycles. The molecule has 1 aromatic carbocycles. The van der Waals surface area contributed by atoms with E-state index in [9.17, 15) is 4.79 Å². The second-order valence-corrected chi connectivity index (χ2v) is 5.75. The molecular formula is C17H21N3O2S. The van der Waals surface area contributed by atoms with Crippen LogP contribution in [0, 0.1) is 0 Å². The quantitative estimate of drug-likeness (QED) is 0.630. The number of carbonyl (C=O) groups is 1. The first-order valence-electron chi connectivity index (χ1n) is 7.45. The minimum atomic E-state index is -0.0184. The van der Waals surface area contributed by atoms with E-state index in [2.05, 4.69) is 10.6 Å². The molecule has 0 fully saturated rings. The fourth-order valence-electron chi connectivity index (χ4n) is 2.05. The number of anilines is 1. The number of nitrogens with zero attached hydrogens (tertiary/aromatic N) is 1. The molecule has 5 nitrogen and oxygen atoms in total. The second kappa shape index (κ2) is 8.33. The Balaban J connectivity index is 1.73. The van der Waals surface area contributed by atoms with Crippen LogP contribution in [-0.4, -0.2) is 36.6 Å². The summed E-state index contributed by atoms with van der Waals surface area (Å²) in [5.41, 5.74) is 1.50. The van der Waals surface area contributed by atoms with Gasteiger partial charge in [0.25, 0.3) is 5.91 Å². The van der Waals surface area contributed by atoms with Gasteiger partial charge in [-0.3, -0.25) is 4.79 Å². The molecule has 0 saturated carbocycles. The predicted octanol–water partition coefficient (Wildman–Crippen LogP) is 2.90. The zero-order valence-corrected chi connectivity index (χ0v) is 14.2. The zero-order valence-electron chi connectivity index (χ0n) is 13.3. The number of furan rings is 1. The van der Waals surface area contributed by atoms with Gasteiger partial charge in [0.05, 0.1) is 6.26 Å². The Labute approximate surface area is 141 Å². The van der Waals surface area contributed by atoms with Gasteiger partial charge in [-0.05, 0) is 55.0 Å². The summed E-state index contributed by atoms with van der Waals surface area (Å²) < 4.78 is 5.28. The maximum absolute atomic E-state index is 11.8. The molecule has 0 saturated heterocycles. The predicted molar refractivity (Wildman–Crippen MR) is 95.7 cm³/mol. The number of hydrogen-bond donors (Lipinski definition) is 2. The van der Waals surface area contributed by atoms with Crippen molar-refractivity contribution < 1.29 is 9.21 Å². The number of nitrogens with one attached hydrogen (secondary N) is 2. The van der Waals surface area contributed by atoms with Crippen LogP contribution >= 0.6 is 12.2 Å². The van der Waals surface area contributed by atoms with Crippen LogP contribution < -0.4 is 10.6 Å². The van der Waals surface area contributed by atoms with Crippen LogP contribution in [0.1, 0.15) is 22.5 Å². The Hall–Kier alpha value is -2.34. The lowest BCUT2D eigenvalue weighted by Gasteiger charge is -2.12. The highest BCUT2D eigenvalue weighted by atomic mass is 32.1. The monoisotopic (exact) mass is 331 g/mol. The Morgan fingerprint density at radius 3 is 2.57 bits per heavy atom. The van der Waals surface area contributed by atoms with Crippen molar-refractivity contribution in [2.45, 2.75) is 12.8 Å². The Morgan fingerprint density at radius 1 is 1.22 bits per heavy atom. The van der Waals surface area contributed by atoms with Gasteiger partial charge in [-0.25, -0.2) is 0 Å². The van der Waals surface area contributed by atoms with E-state index < -0.39 is 0 Å². The number of benzene rings is 1. The summed E-state index contributed by atoms with van der Waals surface area (Å²) in [6.45, 7) is 0.768. The van der Waals surface area contributed by atoms with Gasteiger partial charge in [-0.15, -0.1) is 0 Å². The summed E-state index contributed by atoms with van der Waals surface area (Å²) in [5.74, 6) is 0.960. The highest BCUT2D eigenvalue weighted by Crippen LogP contribution is 2.10. The summed E-state index contributed by atoms with van der Waals surface area (Å²) in [4.78, 5) is 13.4. The van der Waals surface area contributed by atoms with Gasteiger partial charge in [0.2, 0.25) is 0 Å². The van der Waals surface area contributed by atoms with Crippen LogP contribution in [0.3, 0.4) is 0 Å². The SMILES string of the molecule is CN(C)C(=O)c1ccc(NC(=S)NCCCc2ccco2)cc1. The molecule has 0 spiro atoms. The third-order valence-electron chi connectivity index (χ3n) is 3.26. The average molecular weight is 331 g/mol.